The standard InChI is InChI=1S/C27H22Cl2N2O2/c1-18-7-5-6-10-20(18)15-23(19-8-3-2-4-9-19)27(32)31-30-17-22-12-14-26(33-22)21-11-13-24(28)25(29)16-21/h2-14,16-17,23H,15H2,1H3,(H,31,32)/b30-17-/t23-/m0/s1. The Labute approximate surface area is 202 Å². The van der Waals surface area contributed by atoms with E-state index in [0.717, 1.165) is 22.3 Å². The molecule has 0 fully saturated rings. The van der Waals surface area contributed by atoms with Crippen molar-refractivity contribution in [3.63, 3.8) is 0 Å². The Morgan fingerprint density at radius 3 is 2.48 bits per heavy atom. The highest BCUT2D eigenvalue weighted by Crippen LogP contribution is 2.29. The Morgan fingerprint density at radius 1 is 0.970 bits per heavy atom. The summed E-state index contributed by atoms with van der Waals surface area (Å²) < 4.78 is 5.80. The molecule has 0 unspecified atom stereocenters. The molecule has 0 radical (unpaired) electrons. The summed E-state index contributed by atoms with van der Waals surface area (Å²) in [6, 6.07) is 26.7. The Bertz CT molecular complexity index is 1280. The molecule has 1 atom stereocenters. The van der Waals surface area contributed by atoms with Crippen molar-refractivity contribution in [3.8, 4) is 11.3 Å². The number of benzene rings is 3. The molecule has 166 valence electrons. The van der Waals surface area contributed by atoms with E-state index in [1.54, 1.807) is 18.2 Å². The first kappa shape index (κ1) is 22.8. The van der Waals surface area contributed by atoms with Gasteiger partial charge in [-0.25, -0.2) is 5.43 Å². The van der Waals surface area contributed by atoms with Gasteiger partial charge in [0.15, 0.2) is 0 Å². The fraction of sp³-hybridized carbons (Fsp3) is 0.111. The molecular weight excluding hydrogens is 455 g/mol. The summed E-state index contributed by atoms with van der Waals surface area (Å²) in [5.74, 6) is 0.583. The van der Waals surface area contributed by atoms with Crippen LogP contribution in [0.5, 0.6) is 0 Å². The van der Waals surface area contributed by atoms with E-state index in [0.29, 0.717) is 28.0 Å². The maximum absolute atomic E-state index is 13.1. The van der Waals surface area contributed by atoms with Crippen LogP contribution in [0.2, 0.25) is 10.0 Å². The minimum absolute atomic E-state index is 0.183. The van der Waals surface area contributed by atoms with Crippen molar-refractivity contribution >= 4 is 35.3 Å². The van der Waals surface area contributed by atoms with Crippen LogP contribution in [-0.2, 0) is 11.2 Å². The molecule has 0 aliphatic rings. The number of carbonyl (C=O) groups excluding carboxylic acids is 1. The van der Waals surface area contributed by atoms with Gasteiger partial charge in [-0.1, -0.05) is 77.8 Å². The van der Waals surface area contributed by atoms with Crippen molar-refractivity contribution in [2.24, 2.45) is 5.10 Å². The maximum Gasteiger partial charge on any atom is 0.247 e. The molecule has 33 heavy (non-hydrogen) atoms. The first-order valence-corrected chi connectivity index (χ1v) is 11.2. The predicted molar refractivity (Wildman–Crippen MR) is 134 cm³/mol. The fourth-order valence-corrected chi connectivity index (χ4v) is 3.87. The third-order valence-corrected chi connectivity index (χ3v) is 6.14. The zero-order valence-corrected chi connectivity index (χ0v) is 19.5. The Balaban J connectivity index is 1.48. The van der Waals surface area contributed by atoms with Crippen LogP contribution in [-0.4, -0.2) is 12.1 Å². The summed E-state index contributed by atoms with van der Waals surface area (Å²) in [6.07, 6.45) is 2.06. The number of rotatable bonds is 7. The van der Waals surface area contributed by atoms with Gasteiger partial charge in [0.25, 0.3) is 0 Å². The molecule has 0 bridgehead atoms. The SMILES string of the molecule is Cc1ccccc1C[C@H](C(=O)N/N=C\c1ccc(-c2ccc(Cl)c(Cl)c2)o1)c1ccccc1. The number of aryl methyl sites for hydroxylation is 1. The highest BCUT2D eigenvalue weighted by molar-refractivity contribution is 6.42. The molecule has 0 spiro atoms. The van der Waals surface area contributed by atoms with E-state index in [4.69, 9.17) is 27.6 Å². The molecule has 1 heterocycles. The van der Waals surface area contributed by atoms with E-state index < -0.39 is 0 Å². The molecule has 0 saturated heterocycles. The maximum atomic E-state index is 13.1. The summed E-state index contributed by atoms with van der Waals surface area (Å²) in [6.45, 7) is 2.05. The second-order valence-electron chi connectivity index (χ2n) is 7.66. The van der Waals surface area contributed by atoms with Crippen LogP contribution >= 0.6 is 23.2 Å². The fourth-order valence-electron chi connectivity index (χ4n) is 3.57. The van der Waals surface area contributed by atoms with Crippen molar-refractivity contribution in [1.29, 1.82) is 0 Å². The Kier molecular flexibility index (Phi) is 7.28. The lowest BCUT2D eigenvalue weighted by molar-refractivity contribution is -0.122. The number of hydrogen-bond acceptors (Lipinski definition) is 3. The molecule has 6 heteroatoms. The predicted octanol–water partition coefficient (Wildman–Crippen LogP) is 7.04. The van der Waals surface area contributed by atoms with E-state index in [-0.39, 0.29) is 11.8 Å². The molecule has 0 saturated carbocycles. The van der Waals surface area contributed by atoms with Crippen LogP contribution in [0.3, 0.4) is 0 Å². The van der Waals surface area contributed by atoms with Gasteiger partial charge >= 0.3 is 0 Å². The van der Waals surface area contributed by atoms with Crippen molar-refractivity contribution in [3.05, 3.63) is 117 Å². The number of furan rings is 1. The Morgan fingerprint density at radius 2 is 1.73 bits per heavy atom. The van der Waals surface area contributed by atoms with E-state index in [9.17, 15) is 4.79 Å². The summed E-state index contributed by atoms with van der Waals surface area (Å²) in [5.41, 5.74) is 6.69. The quantitative estimate of drug-likeness (QED) is 0.229. The average molecular weight is 477 g/mol. The van der Waals surface area contributed by atoms with Crippen molar-refractivity contribution in [2.75, 3.05) is 0 Å². The molecular formula is C27H22Cl2N2O2. The van der Waals surface area contributed by atoms with Crippen LogP contribution in [0.25, 0.3) is 11.3 Å². The van der Waals surface area contributed by atoms with E-state index in [2.05, 4.69) is 29.6 Å². The molecule has 0 aliphatic heterocycles. The molecule has 0 aliphatic carbocycles. The third-order valence-electron chi connectivity index (χ3n) is 5.40. The van der Waals surface area contributed by atoms with Gasteiger partial charge < -0.3 is 4.42 Å². The number of amides is 1. The number of hydrazone groups is 1. The van der Waals surface area contributed by atoms with Gasteiger partial charge in [0.05, 0.1) is 22.2 Å². The number of nitrogens with one attached hydrogen (secondary N) is 1. The molecule has 4 rings (SSSR count). The zero-order chi connectivity index (χ0) is 23.2. The minimum atomic E-state index is -0.368. The molecule has 1 amide bonds. The number of carbonyl (C=O) groups is 1. The van der Waals surface area contributed by atoms with E-state index >= 15 is 0 Å². The van der Waals surface area contributed by atoms with Gasteiger partial charge in [0.2, 0.25) is 5.91 Å². The summed E-state index contributed by atoms with van der Waals surface area (Å²) in [7, 11) is 0. The lowest BCUT2D eigenvalue weighted by Gasteiger charge is -2.17. The molecule has 3 aromatic carbocycles. The first-order valence-electron chi connectivity index (χ1n) is 10.5. The van der Waals surface area contributed by atoms with E-state index in [1.165, 1.54) is 6.21 Å². The first-order chi connectivity index (χ1) is 16.0. The number of hydrogen-bond donors (Lipinski definition) is 1. The van der Waals surface area contributed by atoms with Crippen LogP contribution < -0.4 is 5.43 Å². The van der Waals surface area contributed by atoms with Gasteiger partial charge in [-0.3, -0.25) is 4.79 Å². The highest BCUT2D eigenvalue weighted by atomic mass is 35.5. The van der Waals surface area contributed by atoms with Crippen LogP contribution in [0.4, 0.5) is 0 Å². The second-order valence-corrected chi connectivity index (χ2v) is 8.47. The zero-order valence-electron chi connectivity index (χ0n) is 18.0. The largest absolute Gasteiger partial charge is 0.455 e. The van der Waals surface area contributed by atoms with Gasteiger partial charge in [0.1, 0.15) is 11.5 Å². The topological polar surface area (TPSA) is 54.6 Å². The highest BCUT2D eigenvalue weighted by Gasteiger charge is 2.21. The minimum Gasteiger partial charge on any atom is -0.455 e. The smallest absolute Gasteiger partial charge is 0.247 e. The van der Waals surface area contributed by atoms with Crippen LogP contribution in [0, 0.1) is 6.92 Å². The van der Waals surface area contributed by atoms with Crippen LogP contribution in [0.15, 0.2) is 94.4 Å². The van der Waals surface area contributed by atoms with Gasteiger partial charge in [-0.15, -0.1) is 0 Å². The van der Waals surface area contributed by atoms with Gasteiger partial charge in [-0.2, -0.15) is 5.10 Å². The van der Waals surface area contributed by atoms with Crippen molar-refractivity contribution < 1.29 is 9.21 Å². The normalized spacial score (nSPS) is 12.1. The summed E-state index contributed by atoms with van der Waals surface area (Å²) in [4.78, 5) is 13.1. The summed E-state index contributed by atoms with van der Waals surface area (Å²) >= 11 is 12.1. The number of nitrogens with zero attached hydrogens (tertiary/aromatic N) is 1. The molecule has 4 aromatic rings. The number of halogens is 2. The molecule has 1 N–H and O–H groups in total. The summed E-state index contributed by atoms with van der Waals surface area (Å²) in [5, 5.41) is 5.06. The van der Waals surface area contributed by atoms with Crippen LogP contribution in [0.1, 0.15) is 28.4 Å². The third kappa shape index (κ3) is 5.72. The van der Waals surface area contributed by atoms with Crippen molar-refractivity contribution in [2.45, 2.75) is 19.3 Å². The lowest BCUT2D eigenvalue weighted by Crippen LogP contribution is -2.27. The van der Waals surface area contributed by atoms with Gasteiger partial charge in [-0.05, 0) is 60.4 Å². The monoisotopic (exact) mass is 476 g/mol. The lowest BCUT2D eigenvalue weighted by atomic mass is 9.90. The molecule has 1 aromatic heterocycles. The van der Waals surface area contributed by atoms with Crippen molar-refractivity contribution in [1.82, 2.24) is 5.43 Å². The Hall–Kier alpha value is -3.34. The second kappa shape index (κ2) is 10.5. The molecule has 4 nitrogen and oxygen atoms in total. The average Bonchev–Trinajstić information content (AvgIpc) is 3.30. The van der Waals surface area contributed by atoms with E-state index in [1.807, 2.05) is 54.6 Å². The van der Waals surface area contributed by atoms with Gasteiger partial charge in [0, 0.05) is 5.56 Å².